The highest BCUT2D eigenvalue weighted by atomic mass is 19.4. The number of likely N-dealkylation sites (tertiary alicyclic amines) is 1. The van der Waals surface area contributed by atoms with Gasteiger partial charge in [0.05, 0.1) is 13.2 Å². The van der Waals surface area contributed by atoms with Gasteiger partial charge in [-0.2, -0.15) is 17.6 Å². The number of rotatable bonds is 10. The lowest BCUT2D eigenvalue weighted by Gasteiger charge is -2.40. The fraction of sp³-hybridized carbons (Fsp3) is 0.565. The van der Waals surface area contributed by atoms with Crippen LogP contribution < -0.4 is 16.0 Å². The first-order chi connectivity index (χ1) is 17.1. The van der Waals surface area contributed by atoms with Crippen LogP contribution in [0.1, 0.15) is 36.9 Å². The Hall–Kier alpha value is -3.06. The fourth-order valence-corrected chi connectivity index (χ4v) is 4.40. The summed E-state index contributed by atoms with van der Waals surface area (Å²) in [5.41, 5.74) is 4.27. The minimum absolute atomic E-state index is 0.0106. The van der Waals surface area contributed by atoms with E-state index in [9.17, 15) is 23.1 Å². The van der Waals surface area contributed by atoms with Crippen LogP contribution in [-0.4, -0.2) is 69.7 Å². The van der Waals surface area contributed by atoms with Crippen LogP contribution in [0, 0.1) is 11.2 Å². The predicted molar refractivity (Wildman–Crippen MR) is 123 cm³/mol. The Morgan fingerprint density at radius 3 is 2.50 bits per heavy atom. The van der Waals surface area contributed by atoms with E-state index in [2.05, 4.69) is 20.3 Å². The number of aliphatic hydroxyl groups excluding tert-OH is 1. The van der Waals surface area contributed by atoms with Crippen molar-refractivity contribution in [3.63, 3.8) is 0 Å². The second-order valence-corrected chi connectivity index (χ2v) is 9.52. The molecule has 196 valence electrons. The van der Waals surface area contributed by atoms with E-state index in [0.717, 1.165) is 25.1 Å². The van der Waals surface area contributed by atoms with Crippen LogP contribution in [0.3, 0.4) is 0 Å². The number of hydrogen-bond acceptors (Lipinski definition) is 8. The maximum Gasteiger partial charge on any atom is 0.433 e. The molecule has 0 bridgehead atoms. The summed E-state index contributed by atoms with van der Waals surface area (Å²) in [4.78, 5) is 26.5. The fourth-order valence-electron chi connectivity index (χ4n) is 4.40. The monoisotopic (exact) mass is 511 g/mol. The van der Waals surface area contributed by atoms with E-state index in [1.165, 1.54) is 12.4 Å². The number of nitrogens with two attached hydrogens (primary N) is 1. The molecule has 3 heterocycles. The summed E-state index contributed by atoms with van der Waals surface area (Å²) >= 11 is 0. The van der Waals surface area contributed by atoms with E-state index in [4.69, 9.17) is 5.73 Å². The number of primary amides is 1. The zero-order valence-electron chi connectivity index (χ0n) is 19.6. The third-order valence-electron chi connectivity index (χ3n) is 6.76. The highest BCUT2D eigenvalue weighted by Gasteiger charge is 2.36. The number of hydrogen-bond donors (Lipinski definition) is 3. The minimum atomic E-state index is -4.53. The highest BCUT2D eigenvalue weighted by molar-refractivity contribution is 5.75. The Balaban J connectivity index is 1.45. The lowest BCUT2D eigenvalue weighted by Crippen LogP contribution is -2.47. The molecule has 1 aliphatic heterocycles. The van der Waals surface area contributed by atoms with Gasteiger partial charge in [-0.05, 0) is 50.4 Å². The van der Waals surface area contributed by atoms with E-state index < -0.39 is 29.0 Å². The third-order valence-corrected chi connectivity index (χ3v) is 6.76. The maximum absolute atomic E-state index is 15.5. The molecule has 4 N–H and O–H groups in total. The molecule has 1 amide bonds. The van der Waals surface area contributed by atoms with Crippen LogP contribution in [0.15, 0.2) is 24.7 Å². The molecule has 2 aromatic heterocycles. The van der Waals surface area contributed by atoms with Crippen molar-refractivity contribution in [2.75, 3.05) is 43.0 Å². The zero-order valence-corrected chi connectivity index (χ0v) is 19.6. The van der Waals surface area contributed by atoms with Crippen molar-refractivity contribution < 1.29 is 27.5 Å². The molecule has 2 aromatic rings. The van der Waals surface area contributed by atoms with E-state index in [1.807, 2.05) is 4.90 Å². The number of nitrogens with zero attached hydrogens (tertiary/aromatic N) is 5. The Kier molecular flexibility index (Phi) is 7.59. The molecule has 2 aliphatic rings. The summed E-state index contributed by atoms with van der Waals surface area (Å²) in [6.45, 7) is 1.63. The lowest BCUT2D eigenvalue weighted by molar-refractivity contribution is -0.141. The van der Waals surface area contributed by atoms with Crippen LogP contribution in [0.5, 0.6) is 0 Å². The molecule has 13 heteroatoms. The van der Waals surface area contributed by atoms with Crippen molar-refractivity contribution in [3.8, 4) is 0 Å². The van der Waals surface area contributed by atoms with Crippen molar-refractivity contribution in [2.45, 2.75) is 44.4 Å². The molecular formula is C23H29F4N7O2. The average molecular weight is 512 g/mol. The van der Waals surface area contributed by atoms with Crippen LogP contribution in [-0.2, 0) is 17.5 Å². The first-order valence-corrected chi connectivity index (χ1v) is 11.7. The van der Waals surface area contributed by atoms with E-state index in [0.29, 0.717) is 31.5 Å². The first kappa shape index (κ1) is 26.0. The number of amides is 1. The SMILES string of the molecule is NC(=O)CN1CCC(CO)(CNc2ncnc(N(Cc3ccc(C(F)(F)F)nc3)C3CC3)c2F)CC1. The Morgan fingerprint density at radius 2 is 1.94 bits per heavy atom. The molecule has 4 rings (SSSR count). The van der Waals surface area contributed by atoms with E-state index in [1.54, 1.807) is 4.90 Å². The van der Waals surface area contributed by atoms with Gasteiger partial charge in [0.25, 0.3) is 0 Å². The number of carbonyl (C=O) groups excluding carboxylic acids is 1. The van der Waals surface area contributed by atoms with Crippen molar-refractivity contribution in [1.29, 1.82) is 0 Å². The topological polar surface area (TPSA) is 120 Å². The molecule has 0 spiro atoms. The average Bonchev–Trinajstić information content (AvgIpc) is 3.68. The van der Waals surface area contributed by atoms with E-state index >= 15 is 4.39 Å². The highest BCUT2D eigenvalue weighted by Crippen LogP contribution is 2.36. The summed E-state index contributed by atoms with van der Waals surface area (Å²) in [6, 6.07) is 2.26. The molecule has 1 saturated carbocycles. The standard InChI is InChI=1S/C23H29F4N7O2/c24-19-20(30-12-22(13-35)5-7-33(8-6-22)11-18(28)36)31-14-32-21(19)34(16-2-3-16)10-15-1-4-17(29-9-15)23(25,26)27/h1,4,9,14,16,35H,2-3,5-8,10-13H2,(H2,28,36)(H,30,31,32). The Bertz CT molecular complexity index is 1060. The van der Waals surface area contributed by atoms with Crippen LogP contribution >= 0.6 is 0 Å². The van der Waals surface area contributed by atoms with Gasteiger partial charge in [0.1, 0.15) is 12.0 Å². The molecule has 0 atom stereocenters. The van der Waals surface area contributed by atoms with E-state index in [-0.39, 0.29) is 43.9 Å². The van der Waals surface area contributed by atoms with Crippen LogP contribution in [0.25, 0.3) is 0 Å². The summed E-state index contributed by atoms with van der Waals surface area (Å²) in [5, 5.41) is 13.1. The number of halogens is 4. The quantitative estimate of drug-likeness (QED) is 0.415. The lowest BCUT2D eigenvalue weighted by atomic mass is 9.79. The number of piperidine rings is 1. The predicted octanol–water partition coefficient (Wildman–Crippen LogP) is 2.17. The molecule has 1 saturated heterocycles. The summed E-state index contributed by atoms with van der Waals surface area (Å²) in [6.07, 6.45) is 0.676. The van der Waals surface area contributed by atoms with Crippen LogP contribution in [0.4, 0.5) is 29.2 Å². The molecule has 1 aliphatic carbocycles. The van der Waals surface area contributed by atoms with Gasteiger partial charge in [-0.3, -0.25) is 14.7 Å². The van der Waals surface area contributed by atoms with Gasteiger partial charge < -0.3 is 21.1 Å². The van der Waals surface area contributed by atoms with Crippen molar-refractivity contribution in [3.05, 3.63) is 41.7 Å². The third kappa shape index (κ3) is 6.19. The summed E-state index contributed by atoms with van der Waals surface area (Å²) in [5.74, 6) is -1.02. The molecule has 0 radical (unpaired) electrons. The second kappa shape index (κ2) is 10.5. The molecule has 36 heavy (non-hydrogen) atoms. The van der Waals surface area contributed by atoms with Crippen molar-refractivity contribution >= 4 is 17.5 Å². The van der Waals surface area contributed by atoms with Gasteiger partial charge in [0, 0.05) is 30.7 Å². The summed E-state index contributed by atoms with van der Waals surface area (Å²) in [7, 11) is 0. The number of carbonyl (C=O) groups is 1. The Labute approximate surface area is 205 Å². The number of nitrogens with one attached hydrogen (secondary N) is 1. The number of aliphatic hydroxyl groups is 1. The zero-order chi connectivity index (χ0) is 25.9. The first-order valence-electron chi connectivity index (χ1n) is 11.7. The largest absolute Gasteiger partial charge is 0.433 e. The van der Waals surface area contributed by atoms with Crippen LogP contribution in [0.2, 0.25) is 0 Å². The molecule has 9 nitrogen and oxygen atoms in total. The minimum Gasteiger partial charge on any atom is -0.396 e. The van der Waals surface area contributed by atoms with Gasteiger partial charge in [0.15, 0.2) is 11.6 Å². The number of pyridine rings is 1. The van der Waals surface area contributed by atoms with Gasteiger partial charge >= 0.3 is 6.18 Å². The maximum atomic E-state index is 15.5. The van der Waals surface area contributed by atoms with Gasteiger partial charge in [0.2, 0.25) is 11.7 Å². The number of alkyl halides is 3. The molecule has 0 aromatic carbocycles. The van der Waals surface area contributed by atoms with Crippen molar-refractivity contribution in [2.24, 2.45) is 11.1 Å². The number of anilines is 2. The summed E-state index contributed by atoms with van der Waals surface area (Å²) < 4.78 is 54.0. The Morgan fingerprint density at radius 1 is 1.22 bits per heavy atom. The molecule has 2 fully saturated rings. The number of aromatic nitrogens is 3. The van der Waals surface area contributed by atoms with Gasteiger partial charge in [-0.15, -0.1) is 0 Å². The molecular weight excluding hydrogens is 482 g/mol. The normalized spacial score (nSPS) is 18.1. The van der Waals surface area contributed by atoms with Gasteiger partial charge in [-0.25, -0.2) is 9.97 Å². The molecule has 0 unspecified atom stereocenters. The smallest absolute Gasteiger partial charge is 0.396 e. The second-order valence-electron chi connectivity index (χ2n) is 9.52. The van der Waals surface area contributed by atoms with Crippen molar-refractivity contribution in [1.82, 2.24) is 19.9 Å². The van der Waals surface area contributed by atoms with Gasteiger partial charge in [-0.1, -0.05) is 6.07 Å².